The summed E-state index contributed by atoms with van der Waals surface area (Å²) < 4.78 is 66.6. The molecule has 0 unspecified atom stereocenters. The van der Waals surface area contributed by atoms with Crippen molar-refractivity contribution in [1.29, 1.82) is 0 Å². The monoisotopic (exact) mass is 845 g/mol. The molecule has 314 valence electrons. The minimum atomic E-state index is -3.75. The van der Waals surface area contributed by atoms with Crippen LogP contribution in [0.5, 0.6) is 0 Å². The molecule has 0 saturated carbocycles. The number of nitrogens with zero attached hydrogens (tertiary/aromatic N) is 5. The molecule has 4 aromatic rings. The third-order valence-corrected chi connectivity index (χ3v) is 14.6. The number of carbonyl (C=O) groups is 1. The second kappa shape index (κ2) is 17.4. The lowest BCUT2D eigenvalue weighted by Gasteiger charge is -2.38. The van der Waals surface area contributed by atoms with E-state index >= 15 is 0 Å². The number of ether oxygens (including phenoxy) is 2. The summed E-state index contributed by atoms with van der Waals surface area (Å²) in [6.45, 7) is 20.6. The summed E-state index contributed by atoms with van der Waals surface area (Å²) in [5.74, 6) is 3.56. The first-order valence-electron chi connectivity index (χ1n) is 20.4. The second-order valence-corrected chi connectivity index (χ2v) is 22.6. The fourth-order valence-corrected chi connectivity index (χ4v) is 10.4. The predicted molar refractivity (Wildman–Crippen MR) is 224 cm³/mol. The molecular weight excluding hydrogens is 786 g/mol. The minimum absolute atomic E-state index is 0.0906. The van der Waals surface area contributed by atoms with E-state index in [1.807, 2.05) is 19.1 Å². The maximum Gasteiger partial charge on any atom is 0.261 e. The largest absolute Gasteiger partial charge is 0.381 e. The molecule has 0 spiro atoms. The zero-order valence-corrected chi connectivity index (χ0v) is 37.0. The Morgan fingerprint density at radius 1 is 0.719 bits per heavy atom. The van der Waals surface area contributed by atoms with Crippen LogP contribution in [-0.2, 0) is 57.3 Å². The van der Waals surface area contributed by atoms with Gasteiger partial charge in [0.1, 0.15) is 17.4 Å². The van der Waals surface area contributed by atoms with Crippen LogP contribution in [0.3, 0.4) is 0 Å². The number of halogens is 1. The molecule has 15 heteroatoms. The van der Waals surface area contributed by atoms with Crippen molar-refractivity contribution in [2.24, 2.45) is 17.8 Å². The number of sulfonamides is 1. The Balaban J connectivity index is 0.000000203. The lowest BCUT2D eigenvalue weighted by atomic mass is 9.94. The summed E-state index contributed by atoms with van der Waals surface area (Å²) in [7, 11) is -1.83. The number of imidazole rings is 2. The Hall–Kier alpha value is -2.88. The first-order valence-corrected chi connectivity index (χ1v) is 24.1. The Morgan fingerprint density at radius 3 is 1.58 bits per heavy atom. The van der Waals surface area contributed by atoms with Gasteiger partial charge in [0.05, 0.1) is 31.9 Å². The highest BCUT2D eigenvalue weighted by molar-refractivity contribution is 8.13. The van der Waals surface area contributed by atoms with Crippen LogP contribution in [0.2, 0.25) is 0 Å². The summed E-state index contributed by atoms with van der Waals surface area (Å²) in [4.78, 5) is 21.6. The van der Waals surface area contributed by atoms with Crippen molar-refractivity contribution < 1.29 is 31.1 Å². The van der Waals surface area contributed by atoms with Gasteiger partial charge in [0.2, 0.25) is 10.0 Å². The van der Waals surface area contributed by atoms with Gasteiger partial charge in [0, 0.05) is 87.0 Å². The molecule has 0 N–H and O–H groups in total. The minimum Gasteiger partial charge on any atom is -0.381 e. The molecule has 0 atom stereocenters. The van der Waals surface area contributed by atoms with Gasteiger partial charge < -0.3 is 18.6 Å². The molecular formula is C42H60ClN5O7S2. The summed E-state index contributed by atoms with van der Waals surface area (Å²) >= 11 is 0. The van der Waals surface area contributed by atoms with Gasteiger partial charge in [0.15, 0.2) is 0 Å². The smallest absolute Gasteiger partial charge is 0.261 e. The second-order valence-electron chi connectivity index (χ2n) is 18.1. The van der Waals surface area contributed by atoms with Crippen LogP contribution < -0.4 is 0 Å². The molecule has 7 rings (SSSR count). The molecule has 12 nitrogen and oxygen atoms in total. The first kappa shape index (κ1) is 43.7. The summed E-state index contributed by atoms with van der Waals surface area (Å²) in [5, 5.41) is 0. The Morgan fingerprint density at radius 2 is 1.16 bits per heavy atom. The van der Waals surface area contributed by atoms with Crippen LogP contribution in [0.15, 0.2) is 46.2 Å². The number of rotatable bonds is 11. The summed E-state index contributed by atoms with van der Waals surface area (Å²) in [6.07, 6.45) is 6.01. The van der Waals surface area contributed by atoms with E-state index in [1.165, 1.54) is 4.31 Å². The normalized spacial score (nSPS) is 18.5. The highest BCUT2D eigenvalue weighted by Gasteiger charge is 2.37. The van der Waals surface area contributed by atoms with Crippen molar-refractivity contribution in [3.05, 3.63) is 48.0 Å². The number of benzene rings is 2. The molecule has 3 aliphatic rings. The number of fused-ring (bicyclic) bond motifs is 2. The molecule has 2 aromatic carbocycles. The summed E-state index contributed by atoms with van der Waals surface area (Å²) in [6, 6.07) is 10.3. The summed E-state index contributed by atoms with van der Waals surface area (Å²) in [5.41, 5.74) is 3.07. The van der Waals surface area contributed by atoms with Crippen molar-refractivity contribution >= 4 is 57.6 Å². The standard InChI is InChI=1S/C25H37N3O4S.C17H23ClN2O3S/c1-5-20(29)7-6-19-15-27(16-19)33(30,31)21-8-9-23-22(14-21)26-24(25(2,3)4)28(23)17-18-10-12-32-13-11-18;1-17(2,3)16-19-14-10-13(24(18,21)22)4-5-15(14)20(16)11-12-6-8-23-9-7-12/h8-9,14,18-19H,5-7,10-13,15-17H2,1-4H3;4-5,10,12H,6-9,11H2,1-3H3. The SMILES string of the molecule is CC(C)(C)c1nc2cc(S(=O)(=O)Cl)ccc2n1CC1CCOCC1.CCC(=O)CCC1CN(S(=O)(=O)c2ccc3c(c2)nc(C(C)(C)C)n3CC2CCOCC2)C1. The van der Waals surface area contributed by atoms with Crippen molar-refractivity contribution in [1.82, 2.24) is 23.4 Å². The van der Waals surface area contributed by atoms with Gasteiger partial charge in [-0.25, -0.2) is 26.8 Å². The van der Waals surface area contributed by atoms with E-state index in [1.54, 1.807) is 24.3 Å². The molecule has 3 fully saturated rings. The average molecular weight is 847 g/mol. The zero-order valence-electron chi connectivity index (χ0n) is 34.6. The van der Waals surface area contributed by atoms with E-state index < -0.39 is 19.1 Å². The van der Waals surface area contributed by atoms with Gasteiger partial charge in [-0.3, -0.25) is 4.79 Å². The average Bonchev–Trinajstić information content (AvgIpc) is 3.69. The van der Waals surface area contributed by atoms with Crippen molar-refractivity contribution in [2.75, 3.05) is 39.5 Å². The van der Waals surface area contributed by atoms with Gasteiger partial charge >= 0.3 is 0 Å². The number of hydrogen-bond acceptors (Lipinski definition) is 9. The number of Topliss-reactive ketones (excluding diaryl/α,β-unsaturated/α-hetero) is 1. The van der Waals surface area contributed by atoms with Crippen molar-refractivity contribution in [3.8, 4) is 0 Å². The third kappa shape index (κ3) is 10.3. The number of hydrogen-bond donors (Lipinski definition) is 0. The van der Waals surface area contributed by atoms with Crippen LogP contribution >= 0.6 is 10.7 Å². The Kier molecular flexibility index (Phi) is 13.3. The Bertz CT molecular complexity index is 2270. The highest BCUT2D eigenvalue weighted by atomic mass is 35.7. The molecule has 57 heavy (non-hydrogen) atoms. The van der Waals surface area contributed by atoms with Gasteiger partial charge in [-0.2, -0.15) is 4.31 Å². The van der Waals surface area contributed by atoms with Gasteiger partial charge in [-0.1, -0.05) is 48.5 Å². The van der Waals surface area contributed by atoms with Crippen LogP contribution in [-0.4, -0.2) is 85.5 Å². The molecule has 0 bridgehead atoms. The maximum absolute atomic E-state index is 13.2. The van der Waals surface area contributed by atoms with E-state index in [0.29, 0.717) is 48.2 Å². The maximum atomic E-state index is 13.2. The molecule has 0 aliphatic carbocycles. The van der Waals surface area contributed by atoms with E-state index in [9.17, 15) is 21.6 Å². The molecule has 5 heterocycles. The lowest BCUT2D eigenvalue weighted by molar-refractivity contribution is -0.119. The lowest BCUT2D eigenvalue weighted by Crippen LogP contribution is -2.49. The van der Waals surface area contributed by atoms with Gasteiger partial charge in [-0.05, 0) is 86.3 Å². The third-order valence-electron chi connectivity index (χ3n) is 11.4. The molecule has 0 radical (unpaired) electrons. The van der Waals surface area contributed by atoms with E-state index in [-0.39, 0.29) is 27.4 Å². The molecule has 3 aliphatic heterocycles. The van der Waals surface area contributed by atoms with Crippen LogP contribution in [0.25, 0.3) is 22.1 Å². The fraction of sp³-hybridized carbons (Fsp3) is 0.643. The van der Waals surface area contributed by atoms with E-state index in [4.69, 9.17) is 30.1 Å². The topological polar surface area (TPSA) is 143 Å². The predicted octanol–water partition coefficient (Wildman–Crippen LogP) is 7.83. The van der Waals surface area contributed by atoms with Crippen molar-refractivity contribution in [3.63, 3.8) is 0 Å². The zero-order chi connectivity index (χ0) is 41.3. The van der Waals surface area contributed by atoms with Crippen LogP contribution in [0.4, 0.5) is 0 Å². The molecule has 3 saturated heterocycles. The van der Waals surface area contributed by atoms with Crippen LogP contribution in [0, 0.1) is 17.8 Å². The number of ketones is 1. The van der Waals surface area contributed by atoms with Crippen LogP contribution in [0.1, 0.15) is 105 Å². The first-order chi connectivity index (χ1) is 26.8. The van der Waals surface area contributed by atoms with E-state index in [2.05, 4.69) is 50.7 Å². The fourth-order valence-electron chi connectivity index (χ4n) is 8.01. The van der Waals surface area contributed by atoms with Gasteiger partial charge in [-0.15, -0.1) is 0 Å². The van der Waals surface area contributed by atoms with E-state index in [0.717, 1.165) is 99.8 Å². The quantitative estimate of drug-likeness (QED) is 0.138. The van der Waals surface area contributed by atoms with Crippen molar-refractivity contribution in [2.45, 2.75) is 127 Å². The molecule has 2 aromatic heterocycles. The van der Waals surface area contributed by atoms with Gasteiger partial charge in [0.25, 0.3) is 9.05 Å². The molecule has 0 amide bonds. The highest BCUT2D eigenvalue weighted by Crippen LogP contribution is 2.34. The number of aromatic nitrogens is 4. The Labute approximate surface area is 343 Å². The number of carbonyl (C=O) groups excluding carboxylic acids is 1.